The number of rotatable bonds is 3. The Labute approximate surface area is 139 Å². The summed E-state index contributed by atoms with van der Waals surface area (Å²) in [5.41, 5.74) is 1.15. The Morgan fingerprint density at radius 3 is 2.21 bits per heavy atom. The Morgan fingerprint density at radius 1 is 0.958 bits per heavy atom. The first-order valence-electron chi connectivity index (χ1n) is 7.94. The highest BCUT2D eigenvalue weighted by Crippen LogP contribution is 2.17. The molecule has 2 heterocycles. The topological polar surface area (TPSA) is 50.5 Å². The Morgan fingerprint density at radius 2 is 1.58 bits per heavy atom. The predicted octanol–water partition coefficient (Wildman–Crippen LogP) is 0.545. The molecule has 0 spiro atoms. The standard InChI is InChI=1S/C17H21FN4O2/c1-19-15(11-16(23)20(2)17(19)24)12-21-7-9-22(10-8-21)14-5-3-13(18)4-6-14/h3-6,11H,7-10,12H2,1-2H3. The summed E-state index contributed by atoms with van der Waals surface area (Å²) in [6.07, 6.45) is 0. The number of halogens is 1. The van der Waals surface area contributed by atoms with Crippen molar-refractivity contribution in [1.82, 2.24) is 14.0 Å². The molecule has 1 saturated heterocycles. The van der Waals surface area contributed by atoms with E-state index in [4.69, 9.17) is 0 Å². The highest BCUT2D eigenvalue weighted by molar-refractivity contribution is 5.46. The second-order valence-electron chi connectivity index (χ2n) is 6.11. The van der Waals surface area contributed by atoms with Crippen LogP contribution < -0.4 is 16.1 Å². The number of piperazine rings is 1. The summed E-state index contributed by atoms with van der Waals surface area (Å²) in [5.74, 6) is -0.232. The average molecular weight is 332 g/mol. The molecule has 3 rings (SSSR count). The maximum atomic E-state index is 13.0. The third-order valence-corrected chi connectivity index (χ3v) is 4.58. The van der Waals surface area contributed by atoms with Gasteiger partial charge in [-0.1, -0.05) is 0 Å². The van der Waals surface area contributed by atoms with Gasteiger partial charge in [-0.05, 0) is 24.3 Å². The molecule has 1 aliphatic rings. The molecule has 0 saturated carbocycles. The summed E-state index contributed by atoms with van der Waals surface area (Å²) in [5, 5.41) is 0. The zero-order chi connectivity index (χ0) is 17.3. The van der Waals surface area contributed by atoms with E-state index < -0.39 is 0 Å². The molecule has 7 heteroatoms. The quantitative estimate of drug-likeness (QED) is 0.823. The van der Waals surface area contributed by atoms with Crippen molar-refractivity contribution in [1.29, 1.82) is 0 Å². The van der Waals surface area contributed by atoms with Gasteiger partial charge in [-0.3, -0.25) is 18.8 Å². The summed E-state index contributed by atoms with van der Waals surface area (Å²) >= 11 is 0. The lowest BCUT2D eigenvalue weighted by Crippen LogP contribution is -2.47. The van der Waals surface area contributed by atoms with Crippen LogP contribution in [-0.2, 0) is 20.6 Å². The van der Waals surface area contributed by atoms with E-state index in [1.807, 2.05) is 0 Å². The van der Waals surface area contributed by atoms with Gasteiger partial charge in [-0.15, -0.1) is 0 Å². The summed E-state index contributed by atoms with van der Waals surface area (Å²) in [7, 11) is 3.17. The van der Waals surface area contributed by atoms with Crippen molar-refractivity contribution in [2.45, 2.75) is 6.54 Å². The van der Waals surface area contributed by atoms with Gasteiger partial charge >= 0.3 is 5.69 Å². The molecule has 128 valence electrons. The molecule has 0 unspecified atom stereocenters. The molecule has 1 aliphatic heterocycles. The number of nitrogens with zero attached hydrogens (tertiary/aromatic N) is 4. The fraction of sp³-hybridized carbons (Fsp3) is 0.412. The molecule has 0 bridgehead atoms. The lowest BCUT2D eigenvalue weighted by atomic mass is 10.2. The van der Waals surface area contributed by atoms with Gasteiger partial charge in [0.2, 0.25) is 0 Å². The SMILES string of the molecule is Cn1c(CN2CCN(c3ccc(F)cc3)CC2)cc(=O)n(C)c1=O. The first kappa shape index (κ1) is 16.4. The highest BCUT2D eigenvalue weighted by Gasteiger charge is 2.18. The zero-order valence-electron chi connectivity index (χ0n) is 13.9. The van der Waals surface area contributed by atoms with E-state index in [9.17, 15) is 14.0 Å². The number of hydrogen-bond acceptors (Lipinski definition) is 4. The van der Waals surface area contributed by atoms with Crippen molar-refractivity contribution in [2.24, 2.45) is 14.1 Å². The van der Waals surface area contributed by atoms with Crippen molar-refractivity contribution in [3.8, 4) is 0 Å². The Hall–Kier alpha value is -2.41. The molecule has 0 radical (unpaired) electrons. The van der Waals surface area contributed by atoms with Crippen LogP contribution >= 0.6 is 0 Å². The van der Waals surface area contributed by atoms with Crippen LogP contribution in [0.5, 0.6) is 0 Å². The van der Waals surface area contributed by atoms with Crippen molar-refractivity contribution < 1.29 is 4.39 Å². The first-order valence-corrected chi connectivity index (χ1v) is 7.94. The molecule has 0 atom stereocenters. The molecule has 1 aromatic heterocycles. The largest absolute Gasteiger partial charge is 0.369 e. The number of benzene rings is 1. The molecule has 1 fully saturated rings. The third-order valence-electron chi connectivity index (χ3n) is 4.58. The maximum Gasteiger partial charge on any atom is 0.330 e. The molecule has 6 nitrogen and oxygen atoms in total. The normalized spacial score (nSPS) is 15.7. The minimum atomic E-state index is -0.303. The monoisotopic (exact) mass is 332 g/mol. The van der Waals surface area contributed by atoms with Crippen LogP contribution in [-0.4, -0.2) is 40.2 Å². The second kappa shape index (κ2) is 6.60. The molecular formula is C17H21FN4O2. The van der Waals surface area contributed by atoms with E-state index in [0.29, 0.717) is 6.54 Å². The van der Waals surface area contributed by atoms with E-state index in [2.05, 4.69) is 9.80 Å². The van der Waals surface area contributed by atoms with Gasteiger partial charge in [-0.25, -0.2) is 9.18 Å². The molecule has 24 heavy (non-hydrogen) atoms. The average Bonchev–Trinajstić information content (AvgIpc) is 2.59. The Balaban J connectivity index is 1.67. The van der Waals surface area contributed by atoms with Crippen LogP contribution in [0.1, 0.15) is 5.69 Å². The molecule has 0 amide bonds. The number of aromatic nitrogens is 2. The fourth-order valence-corrected chi connectivity index (χ4v) is 2.98. The van der Waals surface area contributed by atoms with Gasteiger partial charge in [0.05, 0.1) is 0 Å². The van der Waals surface area contributed by atoms with Crippen LogP contribution in [0.3, 0.4) is 0 Å². The van der Waals surface area contributed by atoms with Crippen molar-refractivity contribution in [3.05, 3.63) is 62.7 Å². The highest BCUT2D eigenvalue weighted by atomic mass is 19.1. The van der Waals surface area contributed by atoms with E-state index in [1.54, 1.807) is 19.2 Å². The zero-order valence-corrected chi connectivity index (χ0v) is 13.9. The lowest BCUT2D eigenvalue weighted by molar-refractivity contribution is 0.243. The fourth-order valence-electron chi connectivity index (χ4n) is 2.98. The molecule has 0 aliphatic carbocycles. The number of anilines is 1. The van der Waals surface area contributed by atoms with Gasteiger partial charge in [0.1, 0.15) is 5.82 Å². The molecular weight excluding hydrogens is 311 g/mol. The summed E-state index contributed by atoms with van der Waals surface area (Å²) in [6.45, 7) is 3.86. The van der Waals surface area contributed by atoms with Gasteiger partial charge in [0.25, 0.3) is 5.56 Å². The Bertz CT molecular complexity index is 833. The van der Waals surface area contributed by atoms with Crippen LogP contribution in [0.15, 0.2) is 39.9 Å². The summed E-state index contributed by atoms with van der Waals surface area (Å²) in [4.78, 5) is 28.2. The predicted molar refractivity (Wildman–Crippen MR) is 90.8 cm³/mol. The van der Waals surface area contributed by atoms with Gasteiger partial charge in [-0.2, -0.15) is 0 Å². The van der Waals surface area contributed by atoms with E-state index >= 15 is 0 Å². The molecule has 2 aromatic rings. The minimum absolute atomic E-state index is 0.232. The van der Waals surface area contributed by atoms with Crippen LogP contribution in [0.4, 0.5) is 10.1 Å². The van der Waals surface area contributed by atoms with E-state index in [1.165, 1.54) is 29.8 Å². The maximum absolute atomic E-state index is 13.0. The smallest absolute Gasteiger partial charge is 0.330 e. The minimum Gasteiger partial charge on any atom is -0.369 e. The molecule has 0 N–H and O–H groups in total. The second-order valence-corrected chi connectivity index (χ2v) is 6.11. The van der Waals surface area contributed by atoms with Crippen LogP contribution in [0.25, 0.3) is 0 Å². The van der Waals surface area contributed by atoms with Gasteiger partial charge in [0, 0.05) is 64.3 Å². The summed E-state index contributed by atoms with van der Waals surface area (Å²) in [6, 6.07) is 8.04. The van der Waals surface area contributed by atoms with Crippen LogP contribution in [0.2, 0.25) is 0 Å². The van der Waals surface area contributed by atoms with E-state index in [0.717, 1.165) is 42.1 Å². The van der Waals surface area contributed by atoms with Gasteiger partial charge in [0.15, 0.2) is 0 Å². The van der Waals surface area contributed by atoms with Crippen molar-refractivity contribution >= 4 is 5.69 Å². The third kappa shape index (κ3) is 3.26. The van der Waals surface area contributed by atoms with E-state index in [-0.39, 0.29) is 17.1 Å². The Kier molecular flexibility index (Phi) is 4.53. The van der Waals surface area contributed by atoms with Crippen LogP contribution in [0, 0.1) is 5.82 Å². The molecule has 1 aromatic carbocycles. The first-order chi connectivity index (χ1) is 11.5. The van der Waals surface area contributed by atoms with Gasteiger partial charge < -0.3 is 4.90 Å². The number of hydrogen-bond donors (Lipinski definition) is 0. The lowest BCUT2D eigenvalue weighted by Gasteiger charge is -2.36. The summed E-state index contributed by atoms with van der Waals surface area (Å²) < 4.78 is 15.6. The van der Waals surface area contributed by atoms with Crippen molar-refractivity contribution in [2.75, 3.05) is 31.1 Å². The van der Waals surface area contributed by atoms with Crippen molar-refractivity contribution in [3.63, 3.8) is 0 Å².